The Morgan fingerprint density at radius 3 is 2.83 bits per heavy atom. The SMILES string of the molecule is CCC1CCN(Cc2cccnc2C(N)=S)CC1. The van der Waals surface area contributed by atoms with Crippen molar-refractivity contribution >= 4 is 17.2 Å². The monoisotopic (exact) mass is 263 g/mol. The Morgan fingerprint density at radius 2 is 2.22 bits per heavy atom. The highest BCUT2D eigenvalue weighted by atomic mass is 32.1. The van der Waals surface area contributed by atoms with Crippen LogP contribution in [0.15, 0.2) is 18.3 Å². The van der Waals surface area contributed by atoms with E-state index in [1.165, 1.54) is 32.4 Å². The Bertz CT molecular complexity index is 411. The predicted molar refractivity (Wildman–Crippen MR) is 78.4 cm³/mol. The van der Waals surface area contributed by atoms with Gasteiger partial charge in [-0.25, -0.2) is 0 Å². The molecule has 0 amide bonds. The highest BCUT2D eigenvalue weighted by molar-refractivity contribution is 7.80. The molecule has 0 aliphatic carbocycles. The van der Waals surface area contributed by atoms with Gasteiger partial charge in [0.25, 0.3) is 0 Å². The Labute approximate surface area is 114 Å². The van der Waals surface area contributed by atoms with Crippen LogP contribution in [0.4, 0.5) is 0 Å². The Hall–Kier alpha value is -1.00. The zero-order valence-electron chi connectivity index (χ0n) is 10.9. The van der Waals surface area contributed by atoms with Crippen molar-refractivity contribution in [1.82, 2.24) is 9.88 Å². The van der Waals surface area contributed by atoms with E-state index in [1.807, 2.05) is 6.07 Å². The first-order chi connectivity index (χ1) is 8.70. The van der Waals surface area contributed by atoms with Crippen LogP contribution in [0.25, 0.3) is 0 Å². The van der Waals surface area contributed by atoms with Crippen molar-refractivity contribution in [3.8, 4) is 0 Å². The van der Waals surface area contributed by atoms with Crippen LogP contribution in [-0.4, -0.2) is 28.0 Å². The molecular formula is C14H21N3S. The first-order valence-electron chi connectivity index (χ1n) is 6.66. The number of aromatic nitrogens is 1. The number of pyridine rings is 1. The van der Waals surface area contributed by atoms with Gasteiger partial charge in [-0.2, -0.15) is 0 Å². The van der Waals surface area contributed by atoms with Gasteiger partial charge in [0.2, 0.25) is 0 Å². The van der Waals surface area contributed by atoms with Crippen molar-refractivity contribution in [1.29, 1.82) is 0 Å². The number of rotatable bonds is 4. The summed E-state index contributed by atoms with van der Waals surface area (Å²) in [6.07, 6.45) is 5.67. The third-order valence-electron chi connectivity index (χ3n) is 3.80. The average Bonchev–Trinajstić information content (AvgIpc) is 2.40. The lowest BCUT2D eigenvalue weighted by atomic mass is 9.94. The highest BCUT2D eigenvalue weighted by Gasteiger charge is 2.19. The highest BCUT2D eigenvalue weighted by Crippen LogP contribution is 2.21. The average molecular weight is 263 g/mol. The number of hydrogen-bond acceptors (Lipinski definition) is 3. The molecule has 1 aromatic rings. The Morgan fingerprint density at radius 1 is 1.50 bits per heavy atom. The molecule has 0 spiro atoms. The van der Waals surface area contributed by atoms with Crippen molar-refractivity contribution in [2.45, 2.75) is 32.7 Å². The van der Waals surface area contributed by atoms with Gasteiger partial charge in [0.15, 0.2) is 0 Å². The van der Waals surface area contributed by atoms with Gasteiger partial charge in [-0.15, -0.1) is 0 Å². The van der Waals surface area contributed by atoms with Gasteiger partial charge in [-0.1, -0.05) is 31.6 Å². The van der Waals surface area contributed by atoms with E-state index in [0.29, 0.717) is 4.99 Å². The summed E-state index contributed by atoms with van der Waals surface area (Å²) in [6.45, 7) is 5.54. The number of thiocarbonyl (C=S) groups is 1. The third-order valence-corrected chi connectivity index (χ3v) is 4.00. The van der Waals surface area contributed by atoms with Gasteiger partial charge < -0.3 is 5.73 Å². The molecule has 0 bridgehead atoms. The first-order valence-corrected chi connectivity index (χ1v) is 7.07. The summed E-state index contributed by atoms with van der Waals surface area (Å²) in [5, 5.41) is 0. The quantitative estimate of drug-likeness (QED) is 0.847. The normalized spacial score (nSPS) is 17.8. The molecule has 0 radical (unpaired) electrons. The molecule has 1 aliphatic rings. The smallest absolute Gasteiger partial charge is 0.123 e. The van der Waals surface area contributed by atoms with Crippen molar-refractivity contribution < 1.29 is 0 Å². The van der Waals surface area contributed by atoms with Gasteiger partial charge in [-0.3, -0.25) is 9.88 Å². The second-order valence-electron chi connectivity index (χ2n) is 5.00. The van der Waals surface area contributed by atoms with Crippen LogP contribution in [0.5, 0.6) is 0 Å². The fourth-order valence-electron chi connectivity index (χ4n) is 2.58. The van der Waals surface area contributed by atoms with Crippen LogP contribution in [0.1, 0.15) is 37.4 Å². The van der Waals surface area contributed by atoms with Crippen molar-refractivity contribution in [3.05, 3.63) is 29.6 Å². The molecule has 2 rings (SSSR count). The molecule has 1 aliphatic heterocycles. The van der Waals surface area contributed by atoms with E-state index in [2.05, 4.69) is 22.9 Å². The third kappa shape index (κ3) is 3.27. The molecule has 1 fully saturated rings. The van der Waals surface area contributed by atoms with Crippen molar-refractivity contribution in [2.75, 3.05) is 13.1 Å². The number of likely N-dealkylation sites (tertiary alicyclic amines) is 1. The van der Waals surface area contributed by atoms with Crippen LogP contribution >= 0.6 is 12.2 Å². The number of hydrogen-bond donors (Lipinski definition) is 1. The molecule has 18 heavy (non-hydrogen) atoms. The summed E-state index contributed by atoms with van der Waals surface area (Å²) in [5.41, 5.74) is 7.65. The number of piperidine rings is 1. The molecule has 98 valence electrons. The van der Waals surface area contributed by atoms with Crippen LogP contribution in [-0.2, 0) is 6.54 Å². The lowest BCUT2D eigenvalue weighted by molar-refractivity contribution is 0.175. The zero-order valence-corrected chi connectivity index (χ0v) is 11.7. The summed E-state index contributed by atoms with van der Waals surface area (Å²) in [6, 6.07) is 4.03. The Balaban J connectivity index is 2.00. The number of nitrogens with zero attached hydrogens (tertiary/aromatic N) is 2. The van der Waals surface area contributed by atoms with Gasteiger partial charge in [0.1, 0.15) is 10.7 Å². The molecule has 3 nitrogen and oxygen atoms in total. The molecule has 4 heteroatoms. The van der Waals surface area contributed by atoms with E-state index in [4.69, 9.17) is 18.0 Å². The second-order valence-corrected chi connectivity index (χ2v) is 5.44. The topological polar surface area (TPSA) is 42.2 Å². The summed E-state index contributed by atoms with van der Waals surface area (Å²) in [7, 11) is 0. The van der Waals surface area contributed by atoms with E-state index >= 15 is 0 Å². The van der Waals surface area contributed by atoms with Crippen molar-refractivity contribution in [2.24, 2.45) is 11.7 Å². The molecule has 0 atom stereocenters. The zero-order chi connectivity index (χ0) is 13.0. The lowest BCUT2D eigenvalue weighted by Crippen LogP contribution is -2.33. The van der Waals surface area contributed by atoms with E-state index in [-0.39, 0.29) is 0 Å². The fraction of sp³-hybridized carbons (Fsp3) is 0.571. The van der Waals surface area contributed by atoms with Crippen molar-refractivity contribution in [3.63, 3.8) is 0 Å². The van der Waals surface area contributed by atoms with Crippen LogP contribution in [0, 0.1) is 5.92 Å². The standard InChI is InChI=1S/C14H21N3S/c1-2-11-5-8-17(9-6-11)10-12-4-3-7-16-13(12)14(15)18/h3-4,7,11H,2,5-6,8-10H2,1H3,(H2,15,18). The molecule has 0 saturated carbocycles. The molecule has 2 N–H and O–H groups in total. The summed E-state index contributed by atoms with van der Waals surface area (Å²) < 4.78 is 0. The number of nitrogens with two attached hydrogens (primary N) is 1. The molecule has 0 aromatic carbocycles. The van der Waals surface area contributed by atoms with Gasteiger partial charge >= 0.3 is 0 Å². The van der Waals surface area contributed by atoms with Gasteiger partial charge in [-0.05, 0) is 43.5 Å². The molecule has 1 saturated heterocycles. The van der Waals surface area contributed by atoms with Gasteiger partial charge in [0.05, 0.1) is 0 Å². The van der Waals surface area contributed by atoms with E-state index < -0.39 is 0 Å². The van der Waals surface area contributed by atoms with E-state index in [1.54, 1.807) is 6.20 Å². The predicted octanol–water partition coefficient (Wildman–Crippen LogP) is 2.34. The lowest BCUT2D eigenvalue weighted by Gasteiger charge is -2.31. The van der Waals surface area contributed by atoms with E-state index in [0.717, 1.165) is 23.7 Å². The molecular weight excluding hydrogens is 242 g/mol. The molecule has 1 aromatic heterocycles. The minimum absolute atomic E-state index is 0.397. The maximum Gasteiger partial charge on any atom is 0.123 e. The van der Waals surface area contributed by atoms with Crippen LogP contribution in [0.3, 0.4) is 0 Å². The minimum atomic E-state index is 0.397. The molecule has 0 unspecified atom stereocenters. The largest absolute Gasteiger partial charge is 0.388 e. The Kier molecular flexibility index (Phi) is 4.66. The van der Waals surface area contributed by atoms with E-state index in [9.17, 15) is 0 Å². The molecule has 2 heterocycles. The summed E-state index contributed by atoms with van der Waals surface area (Å²) in [5.74, 6) is 0.908. The maximum absolute atomic E-state index is 5.71. The first kappa shape index (κ1) is 13.4. The van der Waals surface area contributed by atoms with Crippen LogP contribution < -0.4 is 5.73 Å². The minimum Gasteiger partial charge on any atom is -0.388 e. The van der Waals surface area contributed by atoms with Crippen LogP contribution in [0.2, 0.25) is 0 Å². The van der Waals surface area contributed by atoms with Gasteiger partial charge in [0, 0.05) is 12.7 Å². The second kappa shape index (κ2) is 6.25. The summed E-state index contributed by atoms with van der Waals surface area (Å²) >= 11 is 5.05. The summed E-state index contributed by atoms with van der Waals surface area (Å²) in [4.78, 5) is 7.16. The fourth-order valence-corrected chi connectivity index (χ4v) is 2.77. The maximum atomic E-state index is 5.71.